The second-order valence-corrected chi connectivity index (χ2v) is 4.42. The van der Waals surface area contributed by atoms with Gasteiger partial charge in [-0.2, -0.15) is 0 Å². The van der Waals surface area contributed by atoms with Gasteiger partial charge in [-0.1, -0.05) is 0 Å². The SMILES string of the molecule is CC1(O)CN(c2ccc3nccnc3n2)C1. The van der Waals surface area contributed by atoms with Crippen LogP contribution in [0.3, 0.4) is 0 Å². The molecule has 1 fully saturated rings. The fourth-order valence-electron chi connectivity index (χ4n) is 1.96. The maximum absolute atomic E-state index is 9.66. The van der Waals surface area contributed by atoms with E-state index in [-0.39, 0.29) is 0 Å². The minimum atomic E-state index is -0.584. The Hall–Kier alpha value is -1.75. The summed E-state index contributed by atoms with van der Waals surface area (Å²) >= 11 is 0. The van der Waals surface area contributed by atoms with Crippen molar-refractivity contribution in [2.24, 2.45) is 0 Å². The van der Waals surface area contributed by atoms with Gasteiger partial charge in [0, 0.05) is 25.5 Å². The molecule has 5 nitrogen and oxygen atoms in total. The molecule has 0 saturated carbocycles. The summed E-state index contributed by atoms with van der Waals surface area (Å²) in [7, 11) is 0. The van der Waals surface area contributed by atoms with Crippen LogP contribution in [0.25, 0.3) is 11.2 Å². The molecule has 0 unspecified atom stereocenters. The van der Waals surface area contributed by atoms with Crippen molar-refractivity contribution in [3.8, 4) is 0 Å². The molecule has 16 heavy (non-hydrogen) atoms. The zero-order valence-electron chi connectivity index (χ0n) is 8.96. The van der Waals surface area contributed by atoms with Crippen molar-refractivity contribution >= 4 is 17.0 Å². The Bertz CT molecular complexity index is 532. The first-order valence-electron chi connectivity index (χ1n) is 5.19. The number of aliphatic hydroxyl groups is 1. The quantitative estimate of drug-likeness (QED) is 0.756. The van der Waals surface area contributed by atoms with Gasteiger partial charge in [0.25, 0.3) is 0 Å². The molecule has 0 atom stereocenters. The van der Waals surface area contributed by atoms with E-state index in [4.69, 9.17) is 0 Å². The lowest BCUT2D eigenvalue weighted by Gasteiger charge is -2.44. The van der Waals surface area contributed by atoms with Gasteiger partial charge in [0.1, 0.15) is 11.3 Å². The maximum atomic E-state index is 9.66. The van der Waals surface area contributed by atoms with Gasteiger partial charge in [-0.3, -0.25) is 4.98 Å². The first-order valence-corrected chi connectivity index (χ1v) is 5.19. The van der Waals surface area contributed by atoms with E-state index < -0.39 is 5.60 Å². The van der Waals surface area contributed by atoms with Crippen LogP contribution in [0.4, 0.5) is 5.82 Å². The number of anilines is 1. The zero-order chi connectivity index (χ0) is 11.2. The van der Waals surface area contributed by atoms with E-state index in [1.54, 1.807) is 12.4 Å². The van der Waals surface area contributed by atoms with Crippen LogP contribution in [-0.2, 0) is 0 Å². The summed E-state index contributed by atoms with van der Waals surface area (Å²) in [5.41, 5.74) is 0.851. The van der Waals surface area contributed by atoms with E-state index in [0.717, 1.165) is 11.3 Å². The Morgan fingerprint density at radius 1 is 1.25 bits per heavy atom. The van der Waals surface area contributed by atoms with Gasteiger partial charge in [-0.25, -0.2) is 9.97 Å². The van der Waals surface area contributed by atoms with Gasteiger partial charge in [0.2, 0.25) is 0 Å². The molecule has 2 aromatic heterocycles. The third-order valence-electron chi connectivity index (χ3n) is 2.70. The van der Waals surface area contributed by atoms with Crippen molar-refractivity contribution in [3.63, 3.8) is 0 Å². The van der Waals surface area contributed by atoms with Gasteiger partial charge in [-0.15, -0.1) is 0 Å². The van der Waals surface area contributed by atoms with Crippen LogP contribution in [0.5, 0.6) is 0 Å². The molecule has 0 aliphatic carbocycles. The molecule has 0 aromatic carbocycles. The largest absolute Gasteiger partial charge is 0.386 e. The van der Waals surface area contributed by atoms with Crippen molar-refractivity contribution in [2.75, 3.05) is 18.0 Å². The summed E-state index contributed by atoms with van der Waals surface area (Å²) in [5, 5.41) is 9.66. The first-order chi connectivity index (χ1) is 7.64. The van der Waals surface area contributed by atoms with Gasteiger partial charge in [-0.05, 0) is 19.1 Å². The molecular weight excluding hydrogens is 204 g/mol. The van der Waals surface area contributed by atoms with Crippen LogP contribution >= 0.6 is 0 Å². The number of nitrogens with zero attached hydrogens (tertiary/aromatic N) is 4. The van der Waals surface area contributed by atoms with Gasteiger partial charge >= 0.3 is 0 Å². The summed E-state index contributed by atoms with van der Waals surface area (Å²) < 4.78 is 0. The van der Waals surface area contributed by atoms with Crippen LogP contribution in [0.15, 0.2) is 24.5 Å². The van der Waals surface area contributed by atoms with E-state index >= 15 is 0 Å². The van der Waals surface area contributed by atoms with Crippen molar-refractivity contribution in [2.45, 2.75) is 12.5 Å². The minimum Gasteiger partial charge on any atom is -0.386 e. The second-order valence-electron chi connectivity index (χ2n) is 4.42. The molecule has 82 valence electrons. The highest BCUT2D eigenvalue weighted by atomic mass is 16.3. The molecule has 1 aliphatic rings. The van der Waals surface area contributed by atoms with Crippen molar-refractivity contribution in [1.82, 2.24) is 15.0 Å². The molecular formula is C11H12N4O. The lowest BCUT2D eigenvalue weighted by atomic mass is 9.97. The standard InChI is InChI=1S/C11H12N4O/c1-11(16)6-15(7-11)9-3-2-8-10(14-9)13-5-4-12-8/h2-5,16H,6-7H2,1H3. The number of hydrogen-bond acceptors (Lipinski definition) is 5. The number of rotatable bonds is 1. The van der Waals surface area contributed by atoms with Crippen molar-refractivity contribution < 1.29 is 5.11 Å². The molecule has 0 radical (unpaired) electrons. The van der Waals surface area contributed by atoms with E-state index in [1.165, 1.54) is 0 Å². The Labute approximate surface area is 92.8 Å². The number of fused-ring (bicyclic) bond motifs is 1. The number of β-amino-alcohol motifs (C(OH)–C–C–N with tert-alkyl or cyclic N) is 1. The van der Waals surface area contributed by atoms with Gasteiger partial charge in [0.15, 0.2) is 5.65 Å². The number of aromatic nitrogens is 3. The lowest BCUT2D eigenvalue weighted by molar-refractivity contribution is 0.0305. The summed E-state index contributed by atoms with van der Waals surface area (Å²) in [6, 6.07) is 3.81. The third-order valence-corrected chi connectivity index (χ3v) is 2.70. The molecule has 0 bridgehead atoms. The van der Waals surface area contributed by atoms with E-state index in [2.05, 4.69) is 15.0 Å². The maximum Gasteiger partial charge on any atom is 0.180 e. The Balaban J connectivity index is 1.94. The van der Waals surface area contributed by atoms with Crippen molar-refractivity contribution in [1.29, 1.82) is 0 Å². The van der Waals surface area contributed by atoms with Crippen LogP contribution in [0.2, 0.25) is 0 Å². The molecule has 2 aromatic rings. The molecule has 0 spiro atoms. The highest BCUT2D eigenvalue weighted by Crippen LogP contribution is 2.26. The van der Waals surface area contributed by atoms with Crippen LogP contribution in [-0.4, -0.2) is 38.7 Å². The average Bonchev–Trinajstić information content (AvgIpc) is 2.25. The van der Waals surface area contributed by atoms with E-state index in [1.807, 2.05) is 24.0 Å². The molecule has 5 heteroatoms. The molecule has 1 N–H and O–H groups in total. The van der Waals surface area contributed by atoms with Crippen molar-refractivity contribution in [3.05, 3.63) is 24.5 Å². The minimum absolute atomic E-state index is 0.584. The van der Waals surface area contributed by atoms with E-state index in [0.29, 0.717) is 18.7 Å². The van der Waals surface area contributed by atoms with Crippen LogP contribution in [0.1, 0.15) is 6.92 Å². The summed E-state index contributed by atoms with van der Waals surface area (Å²) in [6.07, 6.45) is 3.28. The summed E-state index contributed by atoms with van der Waals surface area (Å²) in [6.45, 7) is 3.06. The van der Waals surface area contributed by atoms with E-state index in [9.17, 15) is 5.11 Å². The fourth-order valence-corrected chi connectivity index (χ4v) is 1.96. The average molecular weight is 216 g/mol. The Kier molecular flexibility index (Phi) is 1.85. The zero-order valence-corrected chi connectivity index (χ0v) is 8.96. The second kappa shape index (κ2) is 3.12. The van der Waals surface area contributed by atoms with Crippen LogP contribution < -0.4 is 4.90 Å². The highest BCUT2D eigenvalue weighted by Gasteiger charge is 2.37. The molecule has 0 amide bonds. The first kappa shape index (κ1) is 9.47. The smallest absolute Gasteiger partial charge is 0.180 e. The normalized spacial score (nSPS) is 18.5. The predicted molar refractivity (Wildman–Crippen MR) is 60.2 cm³/mol. The number of pyridine rings is 1. The Morgan fingerprint density at radius 2 is 2.00 bits per heavy atom. The lowest BCUT2D eigenvalue weighted by Crippen LogP contribution is -2.60. The predicted octanol–water partition coefficient (Wildman–Crippen LogP) is 0.596. The Morgan fingerprint density at radius 3 is 2.75 bits per heavy atom. The molecule has 3 heterocycles. The molecule has 1 saturated heterocycles. The monoisotopic (exact) mass is 216 g/mol. The number of hydrogen-bond donors (Lipinski definition) is 1. The summed E-state index contributed by atoms with van der Waals surface area (Å²) in [5.74, 6) is 0.847. The topological polar surface area (TPSA) is 62.1 Å². The summed E-state index contributed by atoms with van der Waals surface area (Å²) in [4.78, 5) is 14.7. The third kappa shape index (κ3) is 1.49. The highest BCUT2D eigenvalue weighted by molar-refractivity contribution is 5.71. The molecule has 3 rings (SSSR count). The van der Waals surface area contributed by atoms with Gasteiger partial charge < -0.3 is 10.0 Å². The molecule has 1 aliphatic heterocycles. The van der Waals surface area contributed by atoms with Gasteiger partial charge in [0.05, 0.1) is 5.60 Å². The fraction of sp³-hybridized carbons (Fsp3) is 0.364. The van der Waals surface area contributed by atoms with Crippen LogP contribution in [0, 0.1) is 0 Å².